The summed E-state index contributed by atoms with van der Waals surface area (Å²) in [5.41, 5.74) is 4.26. The third-order valence-electron chi connectivity index (χ3n) is 1.99. The van der Waals surface area contributed by atoms with Crippen molar-refractivity contribution >= 4 is 16.9 Å². The van der Waals surface area contributed by atoms with Gasteiger partial charge in [0.15, 0.2) is 5.75 Å². The van der Waals surface area contributed by atoms with E-state index >= 15 is 0 Å². The summed E-state index contributed by atoms with van der Waals surface area (Å²) < 4.78 is 0. The van der Waals surface area contributed by atoms with E-state index in [0.717, 1.165) is 0 Å². The molecule has 6 heteroatoms. The Kier molecular flexibility index (Phi) is 1.89. The van der Waals surface area contributed by atoms with Gasteiger partial charge in [-0.15, -0.1) is 0 Å². The maximum absolute atomic E-state index is 11.4. The van der Waals surface area contributed by atoms with Crippen LogP contribution in [0.1, 0.15) is 10.4 Å². The van der Waals surface area contributed by atoms with Crippen LogP contribution in [-0.2, 0) is 0 Å². The molecule has 0 spiro atoms. The van der Waals surface area contributed by atoms with Gasteiger partial charge in [-0.05, 0) is 12.1 Å². The van der Waals surface area contributed by atoms with E-state index in [1.165, 1.54) is 6.20 Å². The number of carbonyl (C=O) groups is 1. The standard InChI is InChI=1S/C9H7N3O3/c10-8(14)5-7(13)6-4(12-9(5)15)2-1-3-11-6/h1-3H,(H2,10,14)(H2,12,13,15). The Morgan fingerprint density at radius 3 is 2.93 bits per heavy atom. The molecule has 0 fully saturated rings. The highest BCUT2D eigenvalue weighted by molar-refractivity contribution is 5.99. The van der Waals surface area contributed by atoms with Gasteiger partial charge in [-0.1, -0.05) is 0 Å². The lowest BCUT2D eigenvalue weighted by Crippen LogP contribution is -2.23. The molecule has 0 bridgehead atoms. The van der Waals surface area contributed by atoms with Crippen molar-refractivity contribution in [1.82, 2.24) is 9.97 Å². The van der Waals surface area contributed by atoms with Crippen LogP contribution in [0.25, 0.3) is 11.0 Å². The number of amides is 1. The second-order valence-corrected chi connectivity index (χ2v) is 2.94. The number of hydrogen-bond donors (Lipinski definition) is 3. The molecule has 0 aliphatic rings. The molecule has 0 aromatic carbocycles. The van der Waals surface area contributed by atoms with Crippen LogP contribution in [0.15, 0.2) is 23.1 Å². The maximum Gasteiger partial charge on any atom is 0.265 e. The van der Waals surface area contributed by atoms with Crippen molar-refractivity contribution in [1.29, 1.82) is 0 Å². The summed E-state index contributed by atoms with van der Waals surface area (Å²) in [4.78, 5) is 28.5. The van der Waals surface area contributed by atoms with Crippen molar-refractivity contribution < 1.29 is 9.90 Å². The number of hydrogen-bond acceptors (Lipinski definition) is 4. The molecule has 2 heterocycles. The molecule has 0 atom stereocenters. The summed E-state index contributed by atoms with van der Waals surface area (Å²) in [6.45, 7) is 0. The van der Waals surface area contributed by atoms with E-state index in [2.05, 4.69) is 9.97 Å². The average molecular weight is 205 g/mol. The van der Waals surface area contributed by atoms with E-state index in [9.17, 15) is 14.7 Å². The van der Waals surface area contributed by atoms with Crippen LogP contribution in [0.4, 0.5) is 0 Å². The molecule has 0 radical (unpaired) electrons. The summed E-state index contributed by atoms with van der Waals surface area (Å²) in [6.07, 6.45) is 1.44. The Balaban J connectivity index is 2.97. The Morgan fingerprint density at radius 1 is 1.53 bits per heavy atom. The van der Waals surface area contributed by atoms with Crippen LogP contribution in [0.2, 0.25) is 0 Å². The van der Waals surface area contributed by atoms with Crippen molar-refractivity contribution in [2.75, 3.05) is 0 Å². The minimum atomic E-state index is -0.985. The lowest BCUT2D eigenvalue weighted by Gasteiger charge is -2.02. The zero-order valence-electron chi connectivity index (χ0n) is 7.52. The second kappa shape index (κ2) is 3.09. The number of primary amides is 1. The van der Waals surface area contributed by atoms with Gasteiger partial charge >= 0.3 is 0 Å². The fourth-order valence-electron chi connectivity index (χ4n) is 1.33. The highest BCUT2D eigenvalue weighted by atomic mass is 16.3. The number of nitrogens with one attached hydrogen (secondary N) is 1. The number of fused-ring (bicyclic) bond motifs is 1. The number of aromatic amines is 1. The molecule has 0 saturated carbocycles. The van der Waals surface area contributed by atoms with E-state index in [0.29, 0.717) is 5.52 Å². The molecule has 2 aromatic heterocycles. The molecule has 0 aliphatic heterocycles. The van der Waals surface area contributed by atoms with Crippen molar-refractivity contribution in [2.24, 2.45) is 5.73 Å². The van der Waals surface area contributed by atoms with Gasteiger partial charge in [0.25, 0.3) is 11.5 Å². The Bertz CT molecular complexity index is 603. The lowest BCUT2D eigenvalue weighted by molar-refractivity contribution is 0.0996. The molecule has 0 aliphatic carbocycles. The zero-order chi connectivity index (χ0) is 11.0. The predicted octanol–water partition coefficient (Wildman–Crippen LogP) is -0.272. The number of nitrogens with two attached hydrogens (primary N) is 1. The number of H-pyrrole nitrogens is 1. The van der Waals surface area contributed by atoms with Gasteiger partial charge in [0.05, 0.1) is 5.52 Å². The maximum atomic E-state index is 11.4. The monoisotopic (exact) mass is 205 g/mol. The van der Waals surface area contributed by atoms with E-state index in [-0.39, 0.29) is 5.52 Å². The number of aromatic nitrogens is 2. The summed E-state index contributed by atoms with van der Waals surface area (Å²) in [7, 11) is 0. The lowest BCUT2D eigenvalue weighted by atomic mass is 10.2. The Morgan fingerprint density at radius 2 is 2.27 bits per heavy atom. The van der Waals surface area contributed by atoms with Gasteiger partial charge in [0.1, 0.15) is 11.1 Å². The summed E-state index contributed by atoms with van der Waals surface area (Å²) in [5, 5.41) is 9.62. The number of aromatic hydroxyl groups is 1. The van der Waals surface area contributed by atoms with Gasteiger partial charge < -0.3 is 15.8 Å². The van der Waals surface area contributed by atoms with Gasteiger partial charge in [0.2, 0.25) is 0 Å². The van der Waals surface area contributed by atoms with Gasteiger partial charge in [-0.2, -0.15) is 0 Å². The first-order valence-corrected chi connectivity index (χ1v) is 4.11. The molecule has 0 saturated heterocycles. The minimum absolute atomic E-state index is 0.144. The highest BCUT2D eigenvalue weighted by Crippen LogP contribution is 2.21. The quantitative estimate of drug-likeness (QED) is 0.595. The highest BCUT2D eigenvalue weighted by Gasteiger charge is 2.16. The van der Waals surface area contributed by atoms with Crippen molar-refractivity contribution in [2.45, 2.75) is 0 Å². The third-order valence-corrected chi connectivity index (χ3v) is 1.99. The van der Waals surface area contributed by atoms with Crippen LogP contribution in [-0.4, -0.2) is 21.0 Å². The molecular formula is C9H7N3O3. The molecular weight excluding hydrogens is 198 g/mol. The van der Waals surface area contributed by atoms with Crippen molar-refractivity contribution in [3.63, 3.8) is 0 Å². The Hall–Kier alpha value is -2.37. The molecule has 2 aromatic rings. The number of pyridine rings is 2. The molecule has 15 heavy (non-hydrogen) atoms. The molecule has 0 unspecified atom stereocenters. The summed E-state index contributed by atoms with van der Waals surface area (Å²) >= 11 is 0. The third kappa shape index (κ3) is 1.32. The van der Waals surface area contributed by atoms with Crippen LogP contribution < -0.4 is 11.3 Å². The fourth-order valence-corrected chi connectivity index (χ4v) is 1.33. The van der Waals surface area contributed by atoms with Crippen LogP contribution in [0, 0.1) is 0 Å². The minimum Gasteiger partial charge on any atom is -0.505 e. The van der Waals surface area contributed by atoms with Crippen molar-refractivity contribution in [3.8, 4) is 5.75 Å². The number of carbonyl (C=O) groups excluding carboxylic acids is 1. The summed E-state index contributed by atoms with van der Waals surface area (Å²) in [6, 6.07) is 3.16. The van der Waals surface area contributed by atoms with Crippen molar-refractivity contribution in [3.05, 3.63) is 34.2 Å². The average Bonchev–Trinajstić information content (AvgIpc) is 2.17. The fraction of sp³-hybridized carbons (Fsp3) is 0. The smallest absolute Gasteiger partial charge is 0.265 e. The van der Waals surface area contributed by atoms with E-state index in [1.807, 2.05) is 0 Å². The SMILES string of the molecule is NC(=O)c1c(O)c2ncccc2[nH]c1=O. The largest absolute Gasteiger partial charge is 0.505 e. The summed E-state index contributed by atoms with van der Waals surface area (Å²) in [5.74, 6) is -1.47. The van der Waals surface area contributed by atoms with Crippen LogP contribution in [0.3, 0.4) is 0 Å². The first kappa shape index (κ1) is 9.20. The number of nitrogens with zero attached hydrogens (tertiary/aromatic N) is 1. The van der Waals surface area contributed by atoms with E-state index in [4.69, 9.17) is 5.73 Å². The predicted molar refractivity (Wildman–Crippen MR) is 52.5 cm³/mol. The first-order chi connectivity index (χ1) is 7.11. The first-order valence-electron chi connectivity index (χ1n) is 4.11. The van der Waals surface area contributed by atoms with Gasteiger partial charge in [0, 0.05) is 6.20 Å². The molecule has 2 rings (SSSR count). The van der Waals surface area contributed by atoms with E-state index in [1.54, 1.807) is 12.1 Å². The second-order valence-electron chi connectivity index (χ2n) is 2.94. The number of rotatable bonds is 1. The van der Waals surface area contributed by atoms with Crippen LogP contribution in [0.5, 0.6) is 5.75 Å². The van der Waals surface area contributed by atoms with Gasteiger partial charge in [-0.3, -0.25) is 14.6 Å². The molecule has 6 nitrogen and oxygen atoms in total. The molecule has 76 valence electrons. The van der Waals surface area contributed by atoms with Gasteiger partial charge in [-0.25, -0.2) is 0 Å². The van der Waals surface area contributed by atoms with E-state index < -0.39 is 22.8 Å². The Labute approximate surface area is 83.4 Å². The normalized spacial score (nSPS) is 10.4. The molecule has 4 N–H and O–H groups in total. The topological polar surface area (TPSA) is 109 Å². The van der Waals surface area contributed by atoms with Crippen LogP contribution >= 0.6 is 0 Å². The zero-order valence-corrected chi connectivity index (χ0v) is 7.52. The molecule has 1 amide bonds.